The van der Waals surface area contributed by atoms with Crippen LogP contribution in [0.1, 0.15) is 65.2 Å². The van der Waals surface area contributed by atoms with Crippen molar-refractivity contribution in [2.24, 2.45) is 0 Å². The highest BCUT2D eigenvalue weighted by molar-refractivity contribution is 4.74. The van der Waals surface area contributed by atoms with E-state index in [9.17, 15) is 0 Å². The molecule has 0 rings (SSSR count). The zero-order valence-corrected chi connectivity index (χ0v) is 11.5. The van der Waals surface area contributed by atoms with Crippen molar-refractivity contribution < 1.29 is 9.47 Å². The van der Waals surface area contributed by atoms with E-state index in [4.69, 9.17) is 9.47 Å². The van der Waals surface area contributed by atoms with Gasteiger partial charge in [0.25, 0.3) is 0 Å². The van der Waals surface area contributed by atoms with Crippen LogP contribution in [0.3, 0.4) is 0 Å². The van der Waals surface area contributed by atoms with Gasteiger partial charge in [0.2, 0.25) is 6.29 Å². The summed E-state index contributed by atoms with van der Waals surface area (Å²) < 4.78 is 10.6. The molecule has 0 aliphatic carbocycles. The maximum absolute atomic E-state index is 5.40. The van der Waals surface area contributed by atoms with Crippen LogP contribution >= 0.6 is 0 Å². The predicted molar refractivity (Wildman–Crippen MR) is 73.6 cm³/mol. The lowest BCUT2D eigenvalue weighted by Gasteiger charge is -2.12. The molecule has 0 saturated heterocycles. The average molecular weight is 240 g/mol. The molecule has 2 nitrogen and oxygen atoms in total. The summed E-state index contributed by atoms with van der Waals surface area (Å²) in [6, 6.07) is 0. The third kappa shape index (κ3) is 11.3. The van der Waals surface area contributed by atoms with Crippen LogP contribution in [0, 0.1) is 0 Å². The second-order valence-electron chi connectivity index (χ2n) is 4.20. The molecular formula is C15H28O2. The summed E-state index contributed by atoms with van der Waals surface area (Å²) in [5, 5.41) is 0. The Kier molecular flexibility index (Phi) is 12.4. The molecule has 0 saturated carbocycles. The third-order valence-electron chi connectivity index (χ3n) is 2.63. The number of unbranched alkanes of at least 4 members (excludes halogenated alkanes) is 6. The summed E-state index contributed by atoms with van der Waals surface area (Å²) in [6.07, 6.45) is 15.0. The zero-order chi connectivity index (χ0) is 12.8. The number of allylic oxidation sites excluding steroid dienone is 1. The van der Waals surface area contributed by atoms with Crippen LogP contribution in [0.4, 0.5) is 0 Å². The molecule has 0 fully saturated rings. The Labute approximate surface area is 107 Å². The van der Waals surface area contributed by atoms with Gasteiger partial charge in [-0.25, -0.2) is 0 Å². The van der Waals surface area contributed by atoms with Crippen molar-refractivity contribution >= 4 is 0 Å². The molecule has 0 aromatic rings. The molecule has 0 bridgehead atoms. The van der Waals surface area contributed by atoms with Crippen molar-refractivity contribution in [1.29, 1.82) is 0 Å². The van der Waals surface area contributed by atoms with E-state index in [0.717, 1.165) is 12.8 Å². The van der Waals surface area contributed by atoms with Crippen LogP contribution < -0.4 is 0 Å². The van der Waals surface area contributed by atoms with E-state index in [1.807, 2.05) is 6.92 Å². The van der Waals surface area contributed by atoms with Crippen LogP contribution in [0.15, 0.2) is 25.2 Å². The highest BCUT2D eigenvalue weighted by atomic mass is 16.7. The fourth-order valence-corrected chi connectivity index (χ4v) is 1.59. The van der Waals surface area contributed by atoms with Gasteiger partial charge < -0.3 is 9.47 Å². The molecule has 0 heterocycles. The van der Waals surface area contributed by atoms with Crippen molar-refractivity contribution in [2.45, 2.75) is 71.5 Å². The first kappa shape index (κ1) is 16.1. The van der Waals surface area contributed by atoms with Crippen LogP contribution in [0.2, 0.25) is 0 Å². The Morgan fingerprint density at radius 3 is 2.35 bits per heavy atom. The Morgan fingerprint density at radius 1 is 1.00 bits per heavy atom. The molecule has 17 heavy (non-hydrogen) atoms. The lowest BCUT2D eigenvalue weighted by Crippen LogP contribution is -2.09. The van der Waals surface area contributed by atoms with Gasteiger partial charge in [0.05, 0.1) is 12.5 Å². The molecule has 0 aromatic heterocycles. The minimum atomic E-state index is -0.187. The van der Waals surface area contributed by atoms with E-state index in [1.54, 1.807) is 6.26 Å². The molecular weight excluding hydrogens is 212 g/mol. The summed E-state index contributed by atoms with van der Waals surface area (Å²) in [6.45, 7) is 7.78. The molecule has 0 spiro atoms. The van der Waals surface area contributed by atoms with Crippen LogP contribution in [0.5, 0.6) is 0 Å². The minimum Gasteiger partial charge on any atom is -0.463 e. The molecule has 0 aliphatic heterocycles. The molecule has 100 valence electrons. The molecule has 1 atom stereocenters. The van der Waals surface area contributed by atoms with Crippen molar-refractivity contribution in [3.8, 4) is 0 Å². The van der Waals surface area contributed by atoms with Crippen molar-refractivity contribution in [2.75, 3.05) is 0 Å². The van der Waals surface area contributed by atoms with Crippen molar-refractivity contribution in [3.63, 3.8) is 0 Å². The predicted octanol–water partition coefficient (Wildman–Crippen LogP) is 5.16. The van der Waals surface area contributed by atoms with Crippen molar-refractivity contribution in [1.82, 2.24) is 0 Å². The zero-order valence-electron chi connectivity index (χ0n) is 11.5. The Balaban J connectivity index is 3.32. The maximum Gasteiger partial charge on any atom is 0.239 e. The van der Waals surface area contributed by atoms with Crippen LogP contribution in [-0.4, -0.2) is 6.29 Å². The summed E-state index contributed by atoms with van der Waals surface area (Å²) in [5.74, 6) is 0. The Bertz CT molecular complexity index is 187. The average Bonchev–Trinajstić information content (AvgIpc) is 2.35. The number of ether oxygens (including phenoxy) is 2. The van der Waals surface area contributed by atoms with Gasteiger partial charge in [-0.15, -0.1) is 0 Å². The summed E-state index contributed by atoms with van der Waals surface area (Å²) >= 11 is 0. The largest absolute Gasteiger partial charge is 0.463 e. The Hall–Kier alpha value is -0.920. The van der Waals surface area contributed by atoms with E-state index in [1.165, 1.54) is 44.8 Å². The number of hydrogen-bond donors (Lipinski definition) is 0. The van der Waals surface area contributed by atoms with Crippen LogP contribution in [0.25, 0.3) is 0 Å². The number of hydrogen-bond acceptors (Lipinski definition) is 2. The summed E-state index contributed by atoms with van der Waals surface area (Å²) in [5.41, 5.74) is 0. The molecule has 0 amide bonds. The van der Waals surface area contributed by atoms with Crippen molar-refractivity contribution in [3.05, 3.63) is 25.2 Å². The highest BCUT2D eigenvalue weighted by Gasteiger charge is 2.01. The second-order valence-corrected chi connectivity index (χ2v) is 4.20. The van der Waals surface area contributed by atoms with Gasteiger partial charge in [-0.05, 0) is 18.9 Å². The maximum atomic E-state index is 5.40. The molecule has 2 heteroatoms. The highest BCUT2D eigenvalue weighted by Crippen LogP contribution is 2.07. The van der Waals surface area contributed by atoms with Gasteiger partial charge in [0, 0.05) is 6.42 Å². The molecule has 0 aliphatic rings. The van der Waals surface area contributed by atoms with E-state index in [2.05, 4.69) is 19.6 Å². The summed E-state index contributed by atoms with van der Waals surface area (Å²) in [7, 11) is 0. The topological polar surface area (TPSA) is 18.5 Å². The van der Waals surface area contributed by atoms with Gasteiger partial charge in [-0.1, -0.05) is 52.5 Å². The van der Waals surface area contributed by atoms with Crippen LogP contribution in [-0.2, 0) is 9.47 Å². The minimum absolute atomic E-state index is 0.187. The van der Waals surface area contributed by atoms with E-state index < -0.39 is 0 Å². The molecule has 1 unspecified atom stereocenters. The first-order valence-electron chi connectivity index (χ1n) is 6.92. The van der Waals surface area contributed by atoms with E-state index >= 15 is 0 Å². The van der Waals surface area contributed by atoms with Gasteiger partial charge in [0.1, 0.15) is 0 Å². The molecule has 0 N–H and O–H groups in total. The summed E-state index contributed by atoms with van der Waals surface area (Å²) in [4.78, 5) is 0. The quantitative estimate of drug-likeness (QED) is 0.266. The van der Waals surface area contributed by atoms with E-state index in [-0.39, 0.29) is 6.29 Å². The molecule has 0 aromatic carbocycles. The number of rotatable bonds is 12. The third-order valence-corrected chi connectivity index (χ3v) is 2.63. The standard InChI is InChI=1S/C15H28O2/c1-4-7-8-9-10-11-12-13-14-17-15(5-2)16-6-3/h6,13-15H,3-5,7-12H2,1-2H3/b14-13+. The lowest BCUT2D eigenvalue weighted by molar-refractivity contribution is -0.0624. The van der Waals surface area contributed by atoms with Gasteiger partial charge in [0.15, 0.2) is 0 Å². The normalized spacial score (nSPS) is 12.6. The van der Waals surface area contributed by atoms with E-state index in [0.29, 0.717) is 0 Å². The van der Waals surface area contributed by atoms with Gasteiger partial charge >= 0.3 is 0 Å². The second kappa shape index (κ2) is 13.1. The van der Waals surface area contributed by atoms with Gasteiger partial charge in [-0.3, -0.25) is 0 Å². The first-order chi connectivity index (χ1) is 8.35. The molecule has 0 radical (unpaired) electrons. The monoisotopic (exact) mass is 240 g/mol. The lowest BCUT2D eigenvalue weighted by atomic mass is 10.1. The smallest absolute Gasteiger partial charge is 0.239 e. The Morgan fingerprint density at radius 2 is 1.71 bits per heavy atom. The van der Waals surface area contributed by atoms with Gasteiger partial charge in [-0.2, -0.15) is 0 Å². The first-order valence-corrected chi connectivity index (χ1v) is 6.92. The SMILES string of the molecule is C=COC(CC)O/C=C/CCCCCCCC. The fraction of sp³-hybridized carbons (Fsp3) is 0.733. The fourth-order valence-electron chi connectivity index (χ4n) is 1.59.